The Labute approximate surface area is 156 Å². The van der Waals surface area contributed by atoms with Gasteiger partial charge in [0.25, 0.3) is 0 Å². The molecule has 1 saturated heterocycles. The van der Waals surface area contributed by atoms with Crippen LogP contribution < -0.4 is 20.1 Å². The molecular weight excluding hydrogens is 342 g/mol. The van der Waals surface area contributed by atoms with Gasteiger partial charge in [-0.25, -0.2) is 0 Å². The summed E-state index contributed by atoms with van der Waals surface area (Å²) < 4.78 is 10.6. The SMILES string of the molecule is COc1ccc(OC)c(CCC(=O)NCCCN2CCNCC2)c1.Cl. The first-order valence-corrected chi connectivity index (χ1v) is 8.63. The van der Waals surface area contributed by atoms with Gasteiger partial charge in [0.15, 0.2) is 0 Å². The Morgan fingerprint density at radius 1 is 1.24 bits per heavy atom. The lowest BCUT2D eigenvalue weighted by atomic mass is 10.1. The van der Waals surface area contributed by atoms with Gasteiger partial charge in [0.1, 0.15) is 11.5 Å². The maximum atomic E-state index is 12.0. The average Bonchev–Trinajstić information content (AvgIpc) is 2.64. The Bertz CT molecular complexity index is 522. The first kappa shape index (κ1) is 21.5. The van der Waals surface area contributed by atoms with Gasteiger partial charge in [-0.3, -0.25) is 4.79 Å². The molecule has 7 heteroatoms. The van der Waals surface area contributed by atoms with Gasteiger partial charge in [0.2, 0.25) is 5.91 Å². The van der Waals surface area contributed by atoms with E-state index in [4.69, 9.17) is 9.47 Å². The van der Waals surface area contributed by atoms with Crippen LogP contribution in [-0.4, -0.2) is 64.3 Å². The number of aryl methyl sites for hydroxylation is 1. The normalized spacial score (nSPS) is 14.5. The van der Waals surface area contributed by atoms with Crippen molar-refractivity contribution in [3.63, 3.8) is 0 Å². The Kier molecular flexibility index (Phi) is 10.3. The van der Waals surface area contributed by atoms with Crippen LogP contribution in [0.2, 0.25) is 0 Å². The average molecular weight is 372 g/mol. The monoisotopic (exact) mass is 371 g/mol. The maximum Gasteiger partial charge on any atom is 0.220 e. The van der Waals surface area contributed by atoms with E-state index < -0.39 is 0 Å². The standard InChI is InChI=1S/C18H29N3O3.ClH/c1-23-16-5-6-17(24-2)15(14-16)4-7-18(22)20-8-3-11-21-12-9-19-10-13-21;/h5-6,14,19H,3-4,7-13H2,1-2H3,(H,20,22);1H. The van der Waals surface area contributed by atoms with Gasteiger partial charge < -0.3 is 25.0 Å². The molecule has 0 bridgehead atoms. The van der Waals surface area contributed by atoms with Crippen molar-refractivity contribution in [1.82, 2.24) is 15.5 Å². The van der Waals surface area contributed by atoms with E-state index in [1.807, 2.05) is 18.2 Å². The fraction of sp³-hybridized carbons (Fsp3) is 0.611. The van der Waals surface area contributed by atoms with Gasteiger partial charge in [0, 0.05) is 39.1 Å². The van der Waals surface area contributed by atoms with E-state index in [0.717, 1.165) is 62.8 Å². The lowest BCUT2D eigenvalue weighted by Gasteiger charge is -2.27. The molecule has 0 unspecified atom stereocenters. The molecule has 25 heavy (non-hydrogen) atoms. The lowest BCUT2D eigenvalue weighted by molar-refractivity contribution is -0.121. The lowest BCUT2D eigenvalue weighted by Crippen LogP contribution is -2.44. The molecule has 0 saturated carbocycles. The first-order valence-electron chi connectivity index (χ1n) is 8.63. The highest BCUT2D eigenvalue weighted by molar-refractivity contribution is 5.85. The second kappa shape index (κ2) is 12.0. The minimum Gasteiger partial charge on any atom is -0.497 e. The van der Waals surface area contributed by atoms with E-state index in [9.17, 15) is 4.79 Å². The van der Waals surface area contributed by atoms with Crippen molar-refractivity contribution in [2.75, 3.05) is 53.5 Å². The summed E-state index contributed by atoms with van der Waals surface area (Å²) in [4.78, 5) is 14.4. The number of nitrogens with zero attached hydrogens (tertiary/aromatic N) is 1. The molecule has 1 heterocycles. The summed E-state index contributed by atoms with van der Waals surface area (Å²) >= 11 is 0. The molecule has 0 aromatic heterocycles. The molecule has 1 aliphatic heterocycles. The molecular formula is C18H30ClN3O3. The van der Waals surface area contributed by atoms with Crippen LogP contribution in [0.5, 0.6) is 11.5 Å². The molecule has 2 rings (SSSR count). The highest BCUT2D eigenvalue weighted by Gasteiger charge is 2.10. The van der Waals surface area contributed by atoms with Crippen LogP contribution in [0.15, 0.2) is 18.2 Å². The fourth-order valence-corrected chi connectivity index (χ4v) is 2.88. The number of methoxy groups -OCH3 is 2. The van der Waals surface area contributed by atoms with Crippen LogP contribution in [0.4, 0.5) is 0 Å². The van der Waals surface area contributed by atoms with Gasteiger partial charge in [0.05, 0.1) is 14.2 Å². The van der Waals surface area contributed by atoms with Crippen molar-refractivity contribution in [2.45, 2.75) is 19.3 Å². The molecule has 1 fully saturated rings. The predicted molar refractivity (Wildman–Crippen MR) is 102 cm³/mol. The van der Waals surface area contributed by atoms with E-state index in [1.165, 1.54) is 0 Å². The van der Waals surface area contributed by atoms with E-state index in [1.54, 1.807) is 14.2 Å². The molecule has 0 aliphatic carbocycles. The van der Waals surface area contributed by atoms with Crippen molar-refractivity contribution in [1.29, 1.82) is 0 Å². The van der Waals surface area contributed by atoms with E-state index in [2.05, 4.69) is 15.5 Å². The Morgan fingerprint density at radius 2 is 2.00 bits per heavy atom. The zero-order valence-corrected chi connectivity index (χ0v) is 16.0. The van der Waals surface area contributed by atoms with Gasteiger partial charge in [-0.15, -0.1) is 12.4 Å². The predicted octanol–water partition coefficient (Wildman–Crippen LogP) is 1.47. The third-order valence-corrected chi connectivity index (χ3v) is 4.29. The molecule has 142 valence electrons. The number of ether oxygens (including phenoxy) is 2. The van der Waals surface area contributed by atoms with Crippen molar-refractivity contribution in [2.24, 2.45) is 0 Å². The highest BCUT2D eigenvalue weighted by atomic mass is 35.5. The smallest absolute Gasteiger partial charge is 0.220 e. The molecule has 6 nitrogen and oxygen atoms in total. The molecule has 0 spiro atoms. The second-order valence-electron chi connectivity index (χ2n) is 5.97. The van der Waals surface area contributed by atoms with Gasteiger partial charge in [-0.05, 0) is 43.1 Å². The molecule has 2 N–H and O–H groups in total. The topological polar surface area (TPSA) is 62.8 Å². The van der Waals surface area contributed by atoms with Gasteiger partial charge >= 0.3 is 0 Å². The number of rotatable bonds is 9. The Hall–Kier alpha value is -1.50. The Balaban J connectivity index is 0.00000312. The van der Waals surface area contributed by atoms with Crippen LogP contribution in [0.3, 0.4) is 0 Å². The van der Waals surface area contributed by atoms with Crippen molar-refractivity contribution >= 4 is 18.3 Å². The zero-order chi connectivity index (χ0) is 17.2. The van der Waals surface area contributed by atoms with Crippen LogP contribution in [0, 0.1) is 0 Å². The number of amides is 1. The number of carbonyl (C=O) groups excluding carboxylic acids is 1. The largest absolute Gasteiger partial charge is 0.497 e. The number of piperazine rings is 1. The van der Waals surface area contributed by atoms with E-state index in [0.29, 0.717) is 12.8 Å². The molecule has 1 aliphatic rings. The second-order valence-corrected chi connectivity index (χ2v) is 5.97. The fourth-order valence-electron chi connectivity index (χ4n) is 2.88. The summed E-state index contributed by atoms with van der Waals surface area (Å²) in [5, 5.41) is 6.35. The Morgan fingerprint density at radius 3 is 2.68 bits per heavy atom. The van der Waals surface area contributed by atoms with Crippen LogP contribution in [-0.2, 0) is 11.2 Å². The minimum atomic E-state index is 0. The quantitative estimate of drug-likeness (QED) is 0.644. The number of benzene rings is 1. The number of nitrogens with one attached hydrogen (secondary N) is 2. The number of halogens is 1. The van der Waals surface area contributed by atoms with Gasteiger partial charge in [-0.1, -0.05) is 0 Å². The molecule has 1 aromatic rings. The van der Waals surface area contributed by atoms with Gasteiger partial charge in [-0.2, -0.15) is 0 Å². The molecule has 1 aromatic carbocycles. The summed E-state index contributed by atoms with van der Waals surface area (Å²) in [6.45, 7) is 6.11. The number of hydrogen-bond acceptors (Lipinski definition) is 5. The molecule has 0 radical (unpaired) electrons. The molecule has 1 amide bonds. The maximum absolute atomic E-state index is 12.0. The van der Waals surface area contributed by atoms with Crippen molar-refractivity contribution in [3.05, 3.63) is 23.8 Å². The third kappa shape index (κ3) is 7.50. The minimum absolute atomic E-state index is 0. The summed E-state index contributed by atoms with van der Waals surface area (Å²) in [5.41, 5.74) is 0.993. The highest BCUT2D eigenvalue weighted by Crippen LogP contribution is 2.24. The summed E-state index contributed by atoms with van der Waals surface area (Å²) in [5.74, 6) is 1.66. The van der Waals surface area contributed by atoms with Crippen molar-refractivity contribution in [3.8, 4) is 11.5 Å². The summed E-state index contributed by atoms with van der Waals surface area (Å²) in [6.07, 6.45) is 2.09. The van der Waals surface area contributed by atoms with E-state index >= 15 is 0 Å². The van der Waals surface area contributed by atoms with Crippen molar-refractivity contribution < 1.29 is 14.3 Å². The summed E-state index contributed by atoms with van der Waals surface area (Å²) in [6, 6.07) is 5.66. The van der Waals surface area contributed by atoms with Crippen LogP contribution in [0.25, 0.3) is 0 Å². The number of carbonyl (C=O) groups is 1. The molecule has 0 atom stereocenters. The number of hydrogen-bond donors (Lipinski definition) is 2. The van der Waals surface area contributed by atoms with E-state index in [-0.39, 0.29) is 18.3 Å². The zero-order valence-electron chi connectivity index (χ0n) is 15.2. The summed E-state index contributed by atoms with van der Waals surface area (Å²) in [7, 11) is 3.28. The van der Waals surface area contributed by atoms with Crippen LogP contribution in [0.1, 0.15) is 18.4 Å². The van der Waals surface area contributed by atoms with Crippen LogP contribution >= 0.6 is 12.4 Å². The third-order valence-electron chi connectivity index (χ3n) is 4.29. The first-order chi connectivity index (χ1) is 11.7.